The molecule has 0 bridgehead atoms. The standard InChI is InChI=1S/C15H23F3O3Si/c1-3-19-14(20-4-2)21-22-11-5-6-12-7-9-13(10-8-12)15(16,17)18/h7-10,14H,3-6,11,22H2,1-2H3. The zero-order chi connectivity index (χ0) is 16.4. The quantitative estimate of drug-likeness (QED) is 0.372. The van der Waals surface area contributed by atoms with Gasteiger partial charge in [-0.05, 0) is 44.0 Å². The maximum Gasteiger partial charge on any atom is 0.416 e. The van der Waals surface area contributed by atoms with Crippen LogP contribution in [0.2, 0.25) is 6.04 Å². The minimum absolute atomic E-state index is 0.532. The molecule has 0 N–H and O–H groups in total. The molecule has 0 spiro atoms. The summed E-state index contributed by atoms with van der Waals surface area (Å²) in [5.41, 5.74) is 0.304. The Morgan fingerprint density at radius 2 is 1.64 bits per heavy atom. The molecule has 0 aromatic heterocycles. The van der Waals surface area contributed by atoms with Crippen molar-refractivity contribution in [3.63, 3.8) is 0 Å². The van der Waals surface area contributed by atoms with Gasteiger partial charge in [0.2, 0.25) is 0 Å². The third-order valence-corrected chi connectivity index (χ3v) is 4.30. The van der Waals surface area contributed by atoms with E-state index in [9.17, 15) is 13.2 Å². The first-order valence-electron chi connectivity index (χ1n) is 7.48. The monoisotopic (exact) mass is 336 g/mol. The molecule has 3 nitrogen and oxygen atoms in total. The van der Waals surface area contributed by atoms with Gasteiger partial charge in [-0.15, -0.1) is 0 Å². The summed E-state index contributed by atoms with van der Waals surface area (Å²) in [5.74, 6) is 0. The highest BCUT2D eigenvalue weighted by Gasteiger charge is 2.29. The minimum Gasteiger partial charge on any atom is -0.379 e. The van der Waals surface area contributed by atoms with Crippen molar-refractivity contribution in [1.82, 2.24) is 0 Å². The fourth-order valence-electron chi connectivity index (χ4n) is 1.89. The average molecular weight is 336 g/mol. The Morgan fingerprint density at radius 3 is 2.14 bits per heavy atom. The number of rotatable bonds is 10. The molecule has 7 heteroatoms. The average Bonchev–Trinajstić information content (AvgIpc) is 2.47. The van der Waals surface area contributed by atoms with Crippen LogP contribution < -0.4 is 0 Å². The number of ether oxygens (including phenoxy) is 2. The van der Waals surface area contributed by atoms with Crippen LogP contribution >= 0.6 is 0 Å². The lowest BCUT2D eigenvalue weighted by molar-refractivity contribution is -0.243. The van der Waals surface area contributed by atoms with Crippen LogP contribution in [0.25, 0.3) is 0 Å². The lowest BCUT2D eigenvalue weighted by atomic mass is 10.1. The molecule has 0 saturated carbocycles. The van der Waals surface area contributed by atoms with E-state index in [1.807, 2.05) is 13.8 Å². The van der Waals surface area contributed by atoms with Gasteiger partial charge in [-0.1, -0.05) is 18.6 Å². The summed E-state index contributed by atoms with van der Waals surface area (Å²) in [6, 6.07) is 6.26. The molecule has 126 valence electrons. The predicted molar refractivity (Wildman–Crippen MR) is 81.2 cm³/mol. The molecule has 0 amide bonds. The summed E-state index contributed by atoms with van der Waals surface area (Å²) >= 11 is 0. The fraction of sp³-hybridized carbons (Fsp3) is 0.600. The minimum atomic E-state index is -4.27. The van der Waals surface area contributed by atoms with E-state index in [0.29, 0.717) is 13.2 Å². The summed E-state index contributed by atoms with van der Waals surface area (Å²) in [4.78, 5) is 0. The van der Waals surface area contributed by atoms with Gasteiger partial charge in [0.25, 0.3) is 6.48 Å². The van der Waals surface area contributed by atoms with Gasteiger partial charge < -0.3 is 13.9 Å². The number of halogens is 3. The Bertz CT molecular complexity index is 403. The Hall–Kier alpha value is -0.893. The molecule has 0 fully saturated rings. The van der Waals surface area contributed by atoms with Gasteiger partial charge in [0.05, 0.1) is 5.56 Å². The van der Waals surface area contributed by atoms with Gasteiger partial charge in [-0.2, -0.15) is 13.2 Å². The molecule has 0 atom stereocenters. The van der Waals surface area contributed by atoms with Gasteiger partial charge in [0, 0.05) is 13.2 Å². The van der Waals surface area contributed by atoms with E-state index in [1.54, 1.807) is 0 Å². The predicted octanol–water partition coefficient (Wildman–Crippen LogP) is 3.51. The molecule has 0 aliphatic carbocycles. The summed E-state index contributed by atoms with van der Waals surface area (Å²) in [5, 5.41) is 0. The Labute approximate surface area is 131 Å². The van der Waals surface area contributed by atoms with Gasteiger partial charge >= 0.3 is 6.18 Å². The lowest BCUT2D eigenvalue weighted by Crippen LogP contribution is -2.23. The van der Waals surface area contributed by atoms with Gasteiger partial charge in [0.15, 0.2) is 9.76 Å². The van der Waals surface area contributed by atoms with Crippen LogP contribution in [0, 0.1) is 0 Å². The normalized spacial score (nSPS) is 12.6. The van der Waals surface area contributed by atoms with Crippen LogP contribution in [-0.4, -0.2) is 29.5 Å². The molecule has 1 aromatic rings. The summed E-state index contributed by atoms with van der Waals surface area (Å²) in [7, 11) is -0.753. The molecular weight excluding hydrogens is 313 g/mol. The molecule has 1 rings (SSSR count). The van der Waals surface area contributed by atoms with Gasteiger partial charge in [-0.3, -0.25) is 0 Å². The van der Waals surface area contributed by atoms with Crippen molar-refractivity contribution in [1.29, 1.82) is 0 Å². The van der Waals surface area contributed by atoms with Crippen LogP contribution in [0.1, 0.15) is 31.4 Å². The summed E-state index contributed by atoms with van der Waals surface area (Å²) in [6.45, 7) is 4.24. The SMILES string of the molecule is CCOC(OCC)O[SiH2]CCCc1ccc(C(F)(F)F)cc1. The topological polar surface area (TPSA) is 27.7 Å². The van der Waals surface area contributed by atoms with Crippen molar-refractivity contribution >= 4 is 9.76 Å². The largest absolute Gasteiger partial charge is 0.416 e. The number of benzene rings is 1. The molecule has 0 heterocycles. The highest BCUT2D eigenvalue weighted by atomic mass is 28.2. The van der Waals surface area contributed by atoms with E-state index < -0.39 is 28.0 Å². The summed E-state index contributed by atoms with van der Waals surface area (Å²) in [6.07, 6.45) is -2.63. The van der Waals surface area contributed by atoms with Crippen molar-refractivity contribution in [2.75, 3.05) is 13.2 Å². The molecule has 0 saturated heterocycles. The van der Waals surface area contributed by atoms with E-state index in [2.05, 4.69) is 0 Å². The van der Waals surface area contributed by atoms with E-state index in [1.165, 1.54) is 12.1 Å². The van der Waals surface area contributed by atoms with Crippen LogP contribution in [0.4, 0.5) is 13.2 Å². The molecule has 1 aromatic carbocycles. The fourth-order valence-corrected chi connectivity index (χ4v) is 2.89. The molecular formula is C15H23F3O3Si. The number of hydrogen-bond acceptors (Lipinski definition) is 3. The van der Waals surface area contributed by atoms with Gasteiger partial charge in [0.1, 0.15) is 0 Å². The van der Waals surface area contributed by atoms with Crippen LogP contribution in [0.5, 0.6) is 0 Å². The molecule has 0 radical (unpaired) electrons. The van der Waals surface area contributed by atoms with E-state index in [4.69, 9.17) is 13.9 Å². The smallest absolute Gasteiger partial charge is 0.379 e. The maximum absolute atomic E-state index is 12.4. The lowest BCUT2D eigenvalue weighted by Gasteiger charge is -2.17. The van der Waals surface area contributed by atoms with Crippen LogP contribution in [0.3, 0.4) is 0 Å². The molecule has 22 heavy (non-hydrogen) atoms. The Kier molecular flexibility index (Phi) is 8.70. The second-order valence-electron chi connectivity index (χ2n) is 4.72. The molecule has 0 aliphatic heterocycles. The van der Waals surface area contributed by atoms with E-state index in [-0.39, 0.29) is 0 Å². The van der Waals surface area contributed by atoms with E-state index >= 15 is 0 Å². The van der Waals surface area contributed by atoms with Gasteiger partial charge in [-0.25, -0.2) is 0 Å². The Morgan fingerprint density at radius 1 is 1.05 bits per heavy atom. The first-order valence-corrected chi connectivity index (χ1v) is 9.06. The van der Waals surface area contributed by atoms with Crippen molar-refractivity contribution < 1.29 is 27.1 Å². The third kappa shape index (κ3) is 7.39. The number of alkyl halides is 3. The summed E-state index contributed by atoms with van der Waals surface area (Å²) < 4.78 is 53.4. The van der Waals surface area contributed by atoms with Crippen molar-refractivity contribution in [2.45, 2.75) is 45.4 Å². The Balaban J connectivity index is 2.24. The van der Waals surface area contributed by atoms with Crippen molar-refractivity contribution in [3.8, 4) is 0 Å². The van der Waals surface area contributed by atoms with Crippen molar-refractivity contribution in [3.05, 3.63) is 35.4 Å². The molecule has 0 unspecified atom stereocenters. The number of aryl methyl sites for hydroxylation is 1. The second kappa shape index (κ2) is 9.99. The van der Waals surface area contributed by atoms with Crippen molar-refractivity contribution in [2.24, 2.45) is 0 Å². The second-order valence-corrected chi connectivity index (χ2v) is 6.17. The molecule has 0 aliphatic rings. The highest BCUT2D eigenvalue weighted by molar-refractivity contribution is 6.27. The first kappa shape index (κ1) is 19.2. The zero-order valence-electron chi connectivity index (χ0n) is 13.0. The third-order valence-electron chi connectivity index (χ3n) is 3.00. The first-order chi connectivity index (χ1) is 10.5. The maximum atomic E-state index is 12.4. The van der Waals surface area contributed by atoms with Crippen LogP contribution in [-0.2, 0) is 26.5 Å². The zero-order valence-corrected chi connectivity index (χ0v) is 14.4. The number of hydrogen-bond donors (Lipinski definition) is 0. The highest BCUT2D eigenvalue weighted by Crippen LogP contribution is 2.29. The van der Waals surface area contributed by atoms with Crippen LogP contribution in [0.15, 0.2) is 24.3 Å². The van der Waals surface area contributed by atoms with E-state index in [0.717, 1.165) is 36.6 Å².